The Morgan fingerprint density at radius 3 is 2.33 bits per heavy atom. The summed E-state index contributed by atoms with van der Waals surface area (Å²) in [6.07, 6.45) is 0. The van der Waals surface area contributed by atoms with Crippen LogP contribution in [-0.4, -0.2) is 5.11 Å². The highest BCUT2D eigenvalue weighted by Crippen LogP contribution is 2.12. The van der Waals surface area contributed by atoms with Crippen molar-refractivity contribution in [2.45, 2.75) is 26.4 Å². The van der Waals surface area contributed by atoms with Crippen molar-refractivity contribution < 1.29 is 4.39 Å². The van der Waals surface area contributed by atoms with Gasteiger partial charge in [0.15, 0.2) is 5.11 Å². The topological polar surface area (TPSA) is 24.1 Å². The second-order valence-corrected chi connectivity index (χ2v) is 5.49. The van der Waals surface area contributed by atoms with Gasteiger partial charge >= 0.3 is 0 Å². The van der Waals surface area contributed by atoms with Gasteiger partial charge in [0.25, 0.3) is 0 Å². The maximum atomic E-state index is 12.8. The van der Waals surface area contributed by atoms with Gasteiger partial charge in [0.2, 0.25) is 0 Å². The van der Waals surface area contributed by atoms with Gasteiger partial charge in [-0.05, 0) is 49.3 Å². The van der Waals surface area contributed by atoms with Gasteiger partial charge in [0, 0.05) is 6.54 Å². The quantitative estimate of drug-likeness (QED) is 0.839. The highest BCUT2D eigenvalue weighted by Gasteiger charge is 2.06. The van der Waals surface area contributed by atoms with E-state index in [9.17, 15) is 4.39 Å². The lowest BCUT2D eigenvalue weighted by molar-refractivity contribution is 0.626. The number of benzene rings is 2. The minimum atomic E-state index is -0.229. The molecule has 0 fully saturated rings. The number of hydrogen-bond acceptors (Lipinski definition) is 1. The Balaban J connectivity index is 1.83. The normalized spacial score (nSPS) is 11.8. The molecule has 1 atom stereocenters. The molecule has 2 N–H and O–H groups in total. The molecule has 2 nitrogen and oxygen atoms in total. The van der Waals surface area contributed by atoms with Crippen LogP contribution < -0.4 is 10.6 Å². The maximum absolute atomic E-state index is 12.8. The first kappa shape index (κ1) is 15.4. The lowest BCUT2D eigenvalue weighted by atomic mass is 10.1. The number of aryl methyl sites for hydroxylation is 1. The third-order valence-electron chi connectivity index (χ3n) is 3.29. The Labute approximate surface area is 130 Å². The standard InChI is InChI=1S/C17H19FN2S/c1-12-3-7-15(8-4-12)13(2)20-17(21)19-11-14-5-9-16(18)10-6-14/h3-10,13H,11H2,1-2H3,(H2,19,20,21). The lowest BCUT2D eigenvalue weighted by Crippen LogP contribution is -2.36. The van der Waals surface area contributed by atoms with Crippen LogP contribution in [0, 0.1) is 12.7 Å². The van der Waals surface area contributed by atoms with Gasteiger partial charge in [-0.2, -0.15) is 0 Å². The molecule has 0 radical (unpaired) electrons. The molecular formula is C17H19FN2S. The van der Waals surface area contributed by atoms with Crippen LogP contribution in [0.5, 0.6) is 0 Å². The van der Waals surface area contributed by atoms with Gasteiger partial charge in [-0.15, -0.1) is 0 Å². The van der Waals surface area contributed by atoms with Crippen LogP contribution in [-0.2, 0) is 6.54 Å². The van der Waals surface area contributed by atoms with Gasteiger partial charge in [-0.1, -0.05) is 42.0 Å². The maximum Gasteiger partial charge on any atom is 0.167 e. The van der Waals surface area contributed by atoms with Crippen molar-refractivity contribution in [3.63, 3.8) is 0 Å². The minimum Gasteiger partial charge on any atom is -0.359 e. The molecule has 0 saturated carbocycles. The molecule has 0 saturated heterocycles. The second kappa shape index (κ2) is 7.18. The van der Waals surface area contributed by atoms with Crippen molar-refractivity contribution in [1.82, 2.24) is 10.6 Å². The molecule has 0 aliphatic rings. The molecule has 2 rings (SSSR count). The van der Waals surface area contributed by atoms with Crippen molar-refractivity contribution in [3.8, 4) is 0 Å². The van der Waals surface area contributed by atoms with Crippen molar-refractivity contribution in [2.24, 2.45) is 0 Å². The van der Waals surface area contributed by atoms with E-state index in [0.29, 0.717) is 11.7 Å². The predicted octanol–water partition coefficient (Wildman–Crippen LogP) is 3.86. The number of halogens is 1. The van der Waals surface area contributed by atoms with Crippen LogP contribution in [0.1, 0.15) is 29.7 Å². The Morgan fingerprint density at radius 2 is 1.71 bits per heavy atom. The van der Waals surface area contributed by atoms with Crippen molar-refractivity contribution in [2.75, 3.05) is 0 Å². The van der Waals surface area contributed by atoms with Gasteiger partial charge in [-0.25, -0.2) is 4.39 Å². The predicted molar refractivity (Wildman–Crippen MR) is 88.6 cm³/mol. The molecule has 0 spiro atoms. The Hall–Kier alpha value is -1.94. The molecular weight excluding hydrogens is 283 g/mol. The number of hydrogen-bond donors (Lipinski definition) is 2. The fourth-order valence-corrected chi connectivity index (χ4v) is 2.22. The molecule has 0 aliphatic carbocycles. The van der Waals surface area contributed by atoms with Crippen molar-refractivity contribution in [3.05, 3.63) is 71.0 Å². The van der Waals surface area contributed by atoms with Crippen molar-refractivity contribution >= 4 is 17.3 Å². The summed E-state index contributed by atoms with van der Waals surface area (Å²) in [6.45, 7) is 4.71. The van der Waals surface area contributed by atoms with Crippen LogP contribution >= 0.6 is 12.2 Å². The summed E-state index contributed by atoms with van der Waals surface area (Å²) >= 11 is 5.28. The van der Waals surface area contributed by atoms with Crippen LogP contribution in [0.25, 0.3) is 0 Å². The second-order valence-electron chi connectivity index (χ2n) is 5.09. The molecule has 2 aromatic rings. The fourth-order valence-electron chi connectivity index (χ4n) is 1.97. The number of nitrogens with one attached hydrogen (secondary N) is 2. The van der Waals surface area contributed by atoms with Crippen LogP contribution in [0.2, 0.25) is 0 Å². The largest absolute Gasteiger partial charge is 0.359 e. The molecule has 0 amide bonds. The molecule has 1 unspecified atom stereocenters. The van der Waals surface area contributed by atoms with Crippen LogP contribution in [0.3, 0.4) is 0 Å². The third kappa shape index (κ3) is 4.83. The summed E-state index contributed by atoms with van der Waals surface area (Å²) in [4.78, 5) is 0. The SMILES string of the molecule is Cc1ccc(C(C)NC(=S)NCc2ccc(F)cc2)cc1. The van der Waals surface area contributed by atoms with E-state index in [-0.39, 0.29) is 11.9 Å². The third-order valence-corrected chi connectivity index (χ3v) is 3.55. The molecule has 110 valence electrons. The summed E-state index contributed by atoms with van der Waals surface area (Å²) in [5.74, 6) is -0.229. The van der Waals surface area contributed by atoms with E-state index in [2.05, 4.69) is 48.7 Å². The number of thiocarbonyl (C=S) groups is 1. The molecule has 4 heteroatoms. The van der Waals surface area contributed by atoms with Gasteiger partial charge in [-0.3, -0.25) is 0 Å². The van der Waals surface area contributed by atoms with E-state index in [0.717, 1.165) is 5.56 Å². The zero-order valence-corrected chi connectivity index (χ0v) is 13.0. The lowest BCUT2D eigenvalue weighted by Gasteiger charge is -2.17. The summed E-state index contributed by atoms with van der Waals surface area (Å²) in [5.41, 5.74) is 3.41. The smallest absolute Gasteiger partial charge is 0.167 e. The summed E-state index contributed by atoms with van der Waals surface area (Å²) < 4.78 is 12.8. The Morgan fingerprint density at radius 1 is 1.10 bits per heavy atom. The summed E-state index contributed by atoms with van der Waals surface area (Å²) in [7, 11) is 0. The van der Waals surface area contributed by atoms with E-state index in [1.807, 2.05) is 0 Å². The molecule has 2 aromatic carbocycles. The average molecular weight is 302 g/mol. The monoisotopic (exact) mass is 302 g/mol. The van der Waals surface area contributed by atoms with Gasteiger partial charge in [0.05, 0.1) is 6.04 Å². The molecule has 0 aromatic heterocycles. The van der Waals surface area contributed by atoms with E-state index < -0.39 is 0 Å². The highest BCUT2D eigenvalue weighted by molar-refractivity contribution is 7.80. The van der Waals surface area contributed by atoms with Gasteiger partial charge in [0.1, 0.15) is 5.82 Å². The first-order valence-corrected chi connectivity index (χ1v) is 7.31. The van der Waals surface area contributed by atoms with Crippen LogP contribution in [0.4, 0.5) is 4.39 Å². The highest BCUT2D eigenvalue weighted by atomic mass is 32.1. The van der Waals surface area contributed by atoms with E-state index in [4.69, 9.17) is 12.2 Å². The van der Waals surface area contributed by atoms with Crippen molar-refractivity contribution in [1.29, 1.82) is 0 Å². The fraction of sp³-hybridized carbons (Fsp3) is 0.235. The van der Waals surface area contributed by atoms with Gasteiger partial charge < -0.3 is 10.6 Å². The number of rotatable bonds is 4. The van der Waals surface area contributed by atoms with E-state index >= 15 is 0 Å². The zero-order valence-electron chi connectivity index (χ0n) is 12.2. The minimum absolute atomic E-state index is 0.138. The Kier molecular flexibility index (Phi) is 5.28. The first-order valence-electron chi connectivity index (χ1n) is 6.90. The Bertz CT molecular complexity index is 593. The van der Waals surface area contributed by atoms with E-state index in [1.165, 1.54) is 23.3 Å². The summed E-state index contributed by atoms with van der Waals surface area (Å²) in [6, 6.07) is 14.9. The molecule has 0 bridgehead atoms. The average Bonchev–Trinajstić information content (AvgIpc) is 2.47. The molecule has 21 heavy (non-hydrogen) atoms. The molecule has 0 aliphatic heterocycles. The van der Waals surface area contributed by atoms with Crippen LogP contribution in [0.15, 0.2) is 48.5 Å². The molecule has 0 heterocycles. The zero-order chi connectivity index (χ0) is 15.2. The summed E-state index contributed by atoms with van der Waals surface area (Å²) in [5, 5.41) is 6.96. The van der Waals surface area contributed by atoms with E-state index in [1.54, 1.807) is 12.1 Å². The first-order chi connectivity index (χ1) is 10.0.